The summed E-state index contributed by atoms with van der Waals surface area (Å²) < 4.78 is 21.8. The maximum Gasteiger partial charge on any atom is 0.203 e. The summed E-state index contributed by atoms with van der Waals surface area (Å²) in [5.74, 6) is 2.61. The van der Waals surface area contributed by atoms with Crippen molar-refractivity contribution < 1.29 is 18.9 Å². The fraction of sp³-hybridized carbons (Fsp3) is 0.294. The van der Waals surface area contributed by atoms with Crippen LogP contribution in [0.2, 0.25) is 0 Å². The molecule has 0 atom stereocenters. The third kappa shape index (κ3) is 3.55. The van der Waals surface area contributed by atoms with Crippen LogP contribution in [0.4, 0.5) is 5.69 Å². The van der Waals surface area contributed by atoms with Gasteiger partial charge in [0.05, 0.1) is 21.3 Å². The van der Waals surface area contributed by atoms with Gasteiger partial charge in [0.15, 0.2) is 11.5 Å². The first-order valence-electron chi connectivity index (χ1n) is 6.91. The summed E-state index contributed by atoms with van der Waals surface area (Å²) in [5.41, 5.74) is 1.98. The fourth-order valence-electron chi connectivity index (χ4n) is 2.10. The predicted molar refractivity (Wildman–Crippen MR) is 86.4 cm³/mol. The highest BCUT2D eigenvalue weighted by molar-refractivity contribution is 5.53. The van der Waals surface area contributed by atoms with E-state index in [1.807, 2.05) is 43.4 Å². The van der Waals surface area contributed by atoms with Crippen molar-refractivity contribution in [1.29, 1.82) is 0 Å². The van der Waals surface area contributed by atoms with Gasteiger partial charge in [0.1, 0.15) is 12.4 Å². The van der Waals surface area contributed by atoms with E-state index in [2.05, 4.69) is 5.32 Å². The molecule has 0 fully saturated rings. The SMILES string of the molecule is CNc1ccc(OCc2cc(OC)c(OC)c(OC)c2)cc1. The minimum atomic E-state index is 0.412. The number of anilines is 1. The van der Waals surface area contributed by atoms with Crippen molar-refractivity contribution in [2.75, 3.05) is 33.7 Å². The van der Waals surface area contributed by atoms with Gasteiger partial charge in [-0.2, -0.15) is 0 Å². The first-order chi connectivity index (χ1) is 10.7. The molecule has 0 heterocycles. The third-order valence-corrected chi connectivity index (χ3v) is 3.27. The van der Waals surface area contributed by atoms with Crippen molar-refractivity contribution in [1.82, 2.24) is 0 Å². The molecule has 118 valence electrons. The molecule has 5 nitrogen and oxygen atoms in total. The lowest BCUT2D eigenvalue weighted by molar-refractivity contribution is 0.298. The molecule has 0 saturated carbocycles. The smallest absolute Gasteiger partial charge is 0.203 e. The van der Waals surface area contributed by atoms with Crippen LogP contribution in [-0.4, -0.2) is 28.4 Å². The van der Waals surface area contributed by atoms with Crippen molar-refractivity contribution in [2.24, 2.45) is 0 Å². The quantitative estimate of drug-likeness (QED) is 0.850. The predicted octanol–water partition coefficient (Wildman–Crippen LogP) is 3.33. The lowest BCUT2D eigenvalue weighted by Crippen LogP contribution is -2.00. The molecular formula is C17H21NO4. The number of ether oxygens (including phenoxy) is 4. The van der Waals surface area contributed by atoms with Crippen LogP contribution in [0.5, 0.6) is 23.0 Å². The molecule has 0 saturated heterocycles. The average molecular weight is 303 g/mol. The number of hydrogen-bond donors (Lipinski definition) is 1. The summed E-state index contributed by atoms with van der Waals surface area (Å²) in [7, 11) is 6.66. The second-order valence-electron chi connectivity index (χ2n) is 4.60. The van der Waals surface area contributed by atoms with Crippen LogP contribution in [0.1, 0.15) is 5.56 Å². The van der Waals surface area contributed by atoms with E-state index >= 15 is 0 Å². The van der Waals surface area contributed by atoms with Crippen LogP contribution in [0.15, 0.2) is 36.4 Å². The summed E-state index contributed by atoms with van der Waals surface area (Å²) in [6.07, 6.45) is 0. The molecule has 0 bridgehead atoms. The van der Waals surface area contributed by atoms with E-state index in [0.29, 0.717) is 23.9 Å². The minimum Gasteiger partial charge on any atom is -0.493 e. The average Bonchev–Trinajstić information content (AvgIpc) is 2.59. The summed E-state index contributed by atoms with van der Waals surface area (Å²) in [4.78, 5) is 0. The first kappa shape index (κ1) is 15.8. The molecule has 0 aromatic heterocycles. The Labute approximate surface area is 130 Å². The van der Waals surface area contributed by atoms with Crippen molar-refractivity contribution in [3.05, 3.63) is 42.0 Å². The van der Waals surface area contributed by atoms with Gasteiger partial charge in [-0.1, -0.05) is 0 Å². The number of benzene rings is 2. The molecule has 5 heteroatoms. The highest BCUT2D eigenvalue weighted by atomic mass is 16.5. The van der Waals surface area contributed by atoms with Gasteiger partial charge in [-0.15, -0.1) is 0 Å². The zero-order valence-electron chi connectivity index (χ0n) is 13.3. The highest BCUT2D eigenvalue weighted by Gasteiger charge is 2.13. The van der Waals surface area contributed by atoms with Crippen LogP contribution in [0.3, 0.4) is 0 Å². The van der Waals surface area contributed by atoms with E-state index in [9.17, 15) is 0 Å². The van der Waals surface area contributed by atoms with Crippen molar-refractivity contribution in [3.63, 3.8) is 0 Å². The van der Waals surface area contributed by atoms with Gasteiger partial charge < -0.3 is 24.3 Å². The van der Waals surface area contributed by atoms with Crippen molar-refractivity contribution >= 4 is 5.69 Å². The van der Waals surface area contributed by atoms with E-state index in [4.69, 9.17) is 18.9 Å². The maximum absolute atomic E-state index is 5.78. The molecule has 22 heavy (non-hydrogen) atoms. The summed E-state index contributed by atoms with van der Waals surface area (Å²) in [5, 5.41) is 3.07. The highest BCUT2D eigenvalue weighted by Crippen LogP contribution is 2.38. The fourth-order valence-corrected chi connectivity index (χ4v) is 2.10. The summed E-state index contributed by atoms with van der Waals surface area (Å²) >= 11 is 0. The number of nitrogens with one attached hydrogen (secondary N) is 1. The van der Waals surface area contributed by atoms with E-state index in [-0.39, 0.29) is 0 Å². The molecular weight excluding hydrogens is 282 g/mol. The summed E-state index contributed by atoms with van der Waals surface area (Å²) in [6.45, 7) is 0.412. The van der Waals surface area contributed by atoms with Crippen LogP contribution >= 0.6 is 0 Å². The Bertz CT molecular complexity index is 586. The van der Waals surface area contributed by atoms with Crippen molar-refractivity contribution in [2.45, 2.75) is 6.61 Å². The molecule has 2 aromatic carbocycles. The Balaban J connectivity index is 2.14. The van der Waals surface area contributed by atoms with Gasteiger partial charge in [-0.05, 0) is 42.0 Å². The molecule has 0 aliphatic heterocycles. The van der Waals surface area contributed by atoms with Gasteiger partial charge in [-0.3, -0.25) is 0 Å². The molecule has 0 spiro atoms. The van der Waals surface area contributed by atoms with Crippen LogP contribution in [0.25, 0.3) is 0 Å². The zero-order valence-corrected chi connectivity index (χ0v) is 13.3. The summed E-state index contributed by atoms with van der Waals surface area (Å²) in [6, 6.07) is 11.5. The largest absolute Gasteiger partial charge is 0.493 e. The first-order valence-corrected chi connectivity index (χ1v) is 6.91. The minimum absolute atomic E-state index is 0.412. The van der Waals surface area contributed by atoms with Crippen molar-refractivity contribution in [3.8, 4) is 23.0 Å². The maximum atomic E-state index is 5.78. The normalized spacial score (nSPS) is 10.0. The van der Waals surface area contributed by atoms with Crippen LogP contribution < -0.4 is 24.3 Å². The molecule has 1 N–H and O–H groups in total. The monoisotopic (exact) mass is 303 g/mol. The van der Waals surface area contributed by atoms with E-state index in [1.165, 1.54) is 0 Å². The molecule has 0 amide bonds. The van der Waals surface area contributed by atoms with Gasteiger partial charge in [0.2, 0.25) is 5.75 Å². The van der Waals surface area contributed by atoms with E-state index < -0.39 is 0 Å². The standard InChI is InChI=1S/C17H21NO4/c1-18-13-5-7-14(8-6-13)22-11-12-9-15(19-2)17(21-4)16(10-12)20-3/h5-10,18H,11H2,1-4H3. The molecule has 2 rings (SSSR count). The number of methoxy groups -OCH3 is 3. The Morgan fingerprint density at radius 3 is 1.91 bits per heavy atom. The van der Waals surface area contributed by atoms with Crippen LogP contribution in [0, 0.1) is 0 Å². The molecule has 0 unspecified atom stereocenters. The topological polar surface area (TPSA) is 49.0 Å². The van der Waals surface area contributed by atoms with E-state index in [1.54, 1.807) is 21.3 Å². The Morgan fingerprint density at radius 2 is 1.45 bits per heavy atom. The molecule has 0 radical (unpaired) electrons. The molecule has 0 aliphatic rings. The van der Waals surface area contributed by atoms with E-state index in [0.717, 1.165) is 17.0 Å². The Morgan fingerprint density at radius 1 is 0.864 bits per heavy atom. The lowest BCUT2D eigenvalue weighted by Gasteiger charge is -2.14. The number of rotatable bonds is 7. The Kier molecular flexibility index (Phi) is 5.36. The second-order valence-corrected chi connectivity index (χ2v) is 4.60. The van der Waals surface area contributed by atoms with Gasteiger partial charge >= 0.3 is 0 Å². The van der Waals surface area contributed by atoms with Gasteiger partial charge in [0, 0.05) is 12.7 Å². The van der Waals surface area contributed by atoms with Gasteiger partial charge in [0.25, 0.3) is 0 Å². The zero-order chi connectivity index (χ0) is 15.9. The molecule has 0 aliphatic carbocycles. The number of hydrogen-bond acceptors (Lipinski definition) is 5. The molecule has 2 aromatic rings. The third-order valence-electron chi connectivity index (χ3n) is 3.27. The lowest BCUT2D eigenvalue weighted by atomic mass is 10.2. The Hall–Kier alpha value is -2.56. The van der Waals surface area contributed by atoms with Crippen LogP contribution in [-0.2, 0) is 6.61 Å². The van der Waals surface area contributed by atoms with Gasteiger partial charge in [-0.25, -0.2) is 0 Å². The second kappa shape index (κ2) is 7.45.